The van der Waals surface area contributed by atoms with Gasteiger partial charge < -0.3 is 42.6 Å². The van der Waals surface area contributed by atoms with E-state index < -0.39 is 4.92 Å². The Hall–Kier alpha value is -3.54. The number of rotatable bonds is 29. The van der Waals surface area contributed by atoms with E-state index in [9.17, 15) is 19.7 Å². The average Bonchev–Trinajstić information content (AvgIpc) is 3.32. The van der Waals surface area contributed by atoms with Gasteiger partial charge in [0.05, 0.1) is 128 Å². The normalized spacial score (nSPS) is 12.6. The summed E-state index contributed by atoms with van der Waals surface area (Å²) in [6.45, 7) is 7.28. The fraction of sp³-hybridized carbons (Fsp3) is 0.562. The summed E-state index contributed by atoms with van der Waals surface area (Å²) in [4.78, 5) is 36.0. The minimum atomic E-state index is -0.457. The second-order valence-electron chi connectivity index (χ2n) is 9.81. The van der Waals surface area contributed by atoms with Gasteiger partial charge in [-0.3, -0.25) is 24.6 Å². The van der Waals surface area contributed by atoms with Gasteiger partial charge >= 0.3 is 0 Å². The third kappa shape index (κ3) is 15.3. The second-order valence-corrected chi connectivity index (χ2v) is 9.81. The van der Waals surface area contributed by atoms with E-state index in [-0.39, 0.29) is 30.7 Å². The largest absolute Gasteiger partial charge is 0.491 e. The maximum absolute atomic E-state index is 12.3. The van der Waals surface area contributed by atoms with Gasteiger partial charge in [-0.15, -0.1) is 0 Å². The molecule has 47 heavy (non-hydrogen) atoms. The van der Waals surface area contributed by atoms with Crippen LogP contribution in [-0.4, -0.2) is 140 Å². The molecule has 15 heteroatoms. The Bertz CT molecular complexity index is 1150. The molecule has 2 aromatic rings. The predicted octanol–water partition coefficient (Wildman–Crippen LogP) is 2.40. The minimum absolute atomic E-state index is 0.0194. The standard InChI is InChI=1S/C32H44N2O13/c35-31-29-3-1-2-4-30(29)32(36)33(31)9-10-39-11-12-40-13-14-41-15-16-42-17-18-43-19-20-44-21-22-45-23-24-46-25-26-47-28-7-5-27(6-8-28)34(37)38/h1-8H,9-26H2. The van der Waals surface area contributed by atoms with Crippen LogP contribution in [0.3, 0.4) is 0 Å². The van der Waals surface area contributed by atoms with Gasteiger partial charge in [0, 0.05) is 12.1 Å². The summed E-state index contributed by atoms with van der Waals surface area (Å²) in [5, 5.41) is 10.6. The summed E-state index contributed by atoms with van der Waals surface area (Å²) in [6.07, 6.45) is 0. The molecule has 0 aliphatic carbocycles. The van der Waals surface area contributed by atoms with Gasteiger partial charge in [-0.2, -0.15) is 0 Å². The van der Waals surface area contributed by atoms with E-state index in [1.807, 2.05) is 0 Å². The Morgan fingerprint density at radius 3 is 1.19 bits per heavy atom. The van der Waals surface area contributed by atoms with Crippen LogP contribution in [0.5, 0.6) is 5.75 Å². The zero-order valence-corrected chi connectivity index (χ0v) is 26.5. The number of benzene rings is 2. The monoisotopic (exact) mass is 664 g/mol. The fourth-order valence-electron chi connectivity index (χ4n) is 4.12. The molecule has 2 amide bonds. The lowest BCUT2D eigenvalue weighted by molar-refractivity contribution is -0.384. The molecular weight excluding hydrogens is 620 g/mol. The average molecular weight is 665 g/mol. The number of hydrogen-bond donors (Lipinski definition) is 0. The lowest BCUT2D eigenvalue weighted by Crippen LogP contribution is -2.33. The maximum atomic E-state index is 12.3. The van der Waals surface area contributed by atoms with Gasteiger partial charge in [0.25, 0.3) is 17.5 Å². The van der Waals surface area contributed by atoms with Crippen molar-refractivity contribution >= 4 is 17.5 Å². The van der Waals surface area contributed by atoms with E-state index in [0.717, 1.165) is 0 Å². The number of nitrogens with zero attached hydrogens (tertiary/aromatic N) is 2. The van der Waals surface area contributed by atoms with Crippen LogP contribution in [-0.2, 0) is 37.9 Å². The molecule has 0 atom stereocenters. The molecule has 0 saturated carbocycles. The van der Waals surface area contributed by atoms with Gasteiger partial charge in [-0.05, 0) is 24.3 Å². The van der Waals surface area contributed by atoms with Crippen LogP contribution in [0.25, 0.3) is 0 Å². The van der Waals surface area contributed by atoms with Crippen LogP contribution in [0.2, 0.25) is 0 Å². The van der Waals surface area contributed by atoms with Crippen LogP contribution in [0.4, 0.5) is 5.69 Å². The number of carbonyl (C=O) groups is 2. The molecule has 260 valence electrons. The maximum Gasteiger partial charge on any atom is 0.269 e. The lowest BCUT2D eigenvalue weighted by Gasteiger charge is -2.13. The number of amides is 2. The Kier molecular flexibility index (Phi) is 19.1. The Balaban J connectivity index is 0.956. The first-order valence-corrected chi connectivity index (χ1v) is 15.5. The van der Waals surface area contributed by atoms with Crippen molar-refractivity contribution in [3.63, 3.8) is 0 Å². The van der Waals surface area contributed by atoms with Crippen molar-refractivity contribution in [2.24, 2.45) is 0 Å². The number of hydrogen-bond acceptors (Lipinski definition) is 13. The van der Waals surface area contributed by atoms with Crippen molar-refractivity contribution in [3.8, 4) is 5.75 Å². The van der Waals surface area contributed by atoms with Crippen LogP contribution in [0, 0.1) is 10.1 Å². The molecule has 0 bridgehead atoms. The summed E-state index contributed by atoms with van der Waals surface area (Å²) in [5.74, 6) is -0.0206. The molecule has 0 saturated heterocycles. The van der Waals surface area contributed by atoms with Crippen LogP contribution in [0.15, 0.2) is 48.5 Å². The molecule has 1 heterocycles. The quantitative estimate of drug-likeness (QED) is 0.0540. The highest BCUT2D eigenvalue weighted by Crippen LogP contribution is 2.22. The van der Waals surface area contributed by atoms with Gasteiger partial charge in [-0.25, -0.2) is 0 Å². The van der Waals surface area contributed by atoms with Crippen LogP contribution < -0.4 is 4.74 Å². The minimum Gasteiger partial charge on any atom is -0.491 e. The molecule has 0 fully saturated rings. The van der Waals surface area contributed by atoms with E-state index in [0.29, 0.717) is 123 Å². The molecule has 0 spiro atoms. The SMILES string of the molecule is O=C1c2ccccc2C(=O)N1CCOCCOCCOCCOCCOCCOCCOCCOCCOc1ccc([N+](=O)[O-])cc1. The van der Waals surface area contributed by atoms with Gasteiger partial charge in [0.1, 0.15) is 12.4 Å². The molecular formula is C32H44N2O13. The molecule has 0 N–H and O–H groups in total. The number of imide groups is 1. The lowest BCUT2D eigenvalue weighted by atomic mass is 10.1. The molecule has 1 aliphatic heterocycles. The zero-order chi connectivity index (χ0) is 33.4. The number of ether oxygens (including phenoxy) is 9. The van der Waals surface area contributed by atoms with Crippen LogP contribution >= 0.6 is 0 Å². The summed E-state index contributed by atoms with van der Waals surface area (Å²) in [6, 6.07) is 12.7. The van der Waals surface area contributed by atoms with E-state index in [2.05, 4.69) is 0 Å². The summed E-state index contributed by atoms with van der Waals surface area (Å²) in [7, 11) is 0. The molecule has 1 aliphatic rings. The zero-order valence-electron chi connectivity index (χ0n) is 26.5. The number of nitro groups is 1. The molecule has 0 unspecified atom stereocenters. The van der Waals surface area contributed by atoms with E-state index in [1.54, 1.807) is 36.4 Å². The number of non-ortho nitro benzene ring substituents is 1. The van der Waals surface area contributed by atoms with Crippen molar-refractivity contribution in [2.75, 3.05) is 119 Å². The van der Waals surface area contributed by atoms with Gasteiger partial charge in [-0.1, -0.05) is 12.1 Å². The topological polar surface area (TPSA) is 164 Å². The Labute approximate surface area is 274 Å². The van der Waals surface area contributed by atoms with Crippen molar-refractivity contribution in [2.45, 2.75) is 0 Å². The number of nitro benzene ring substituents is 1. The highest BCUT2D eigenvalue weighted by Gasteiger charge is 2.34. The third-order valence-corrected chi connectivity index (χ3v) is 6.49. The Morgan fingerprint density at radius 1 is 0.489 bits per heavy atom. The van der Waals surface area contributed by atoms with Crippen molar-refractivity contribution in [1.29, 1.82) is 0 Å². The van der Waals surface area contributed by atoms with Crippen molar-refractivity contribution in [3.05, 3.63) is 69.8 Å². The van der Waals surface area contributed by atoms with Gasteiger partial charge in [0.2, 0.25) is 0 Å². The Morgan fingerprint density at radius 2 is 0.830 bits per heavy atom. The highest BCUT2D eigenvalue weighted by molar-refractivity contribution is 6.21. The summed E-state index contributed by atoms with van der Waals surface area (Å²) >= 11 is 0. The molecule has 15 nitrogen and oxygen atoms in total. The second kappa shape index (κ2) is 23.7. The number of fused-ring (bicyclic) bond motifs is 1. The molecule has 3 rings (SSSR count). The first kappa shape index (κ1) is 37.9. The van der Waals surface area contributed by atoms with E-state index in [1.165, 1.54) is 17.0 Å². The van der Waals surface area contributed by atoms with Crippen LogP contribution in [0.1, 0.15) is 20.7 Å². The third-order valence-electron chi connectivity index (χ3n) is 6.49. The molecule has 0 radical (unpaired) electrons. The smallest absolute Gasteiger partial charge is 0.269 e. The first-order valence-electron chi connectivity index (χ1n) is 15.5. The molecule has 0 aromatic heterocycles. The van der Waals surface area contributed by atoms with Crippen molar-refractivity contribution in [1.82, 2.24) is 4.90 Å². The highest BCUT2D eigenvalue weighted by atomic mass is 16.6. The molecule has 2 aromatic carbocycles. The summed E-state index contributed by atoms with van der Waals surface area (Å²) in [5.41, 5.74) is 0.890. The van der Waals surface area contributed by atoms with E-state index >= 15 is 0 Å². The van der Waals surface area contributed by atoms with E-state index in [4.69, 9.17) is 42.6 Å². The summed E-state index contributed by atoms with van der Waals surface area (Å²) < 4.78 is 49.1. The fourth-order valence-corrected chi connectivity index (χ4v) is 4.12. The number of carbonyl (C=O) groups excluding carboxylic acids is 2. The first-order chi connectivity index (χ1) is 23.1. The van der Waals surface area contributed by atoms with Crippen molar-refractivity contribution < 1.29 is 57.1 Å². The van der Waals surface area contributed by atoms with Gasteiger partial charge in [0.15, 0.2) is 0 Å². The predicted molar refractivity (Wildman–Crippen MR) is 167 cm³/mol.